The maximum atomic E-state index is 12.3. The van der Waals surface area contributed by atoms with E-state index in [2.05, 4.69) is 11.0 Å². The van der Waals surface area contributed by atoms with Crippen molar-refractivity contribution in [3.63, 3.8) is 0 Å². The molecule has 0 radical (unpaired) electrons. The summed E-state index contributed by atoms with van der Waals surface area (Å²) in [6.45, 7) is 4.30. The van der Waals surface area contributed by atoms with E-state index in [1.807, 2.05) is 54.6 Å². The maximum absolute atomic E-state index is 12.3. The van der Waals surface area contributed by atoms with E-state index in [0.717, 1.165) is 38.2 Å². The van der Waals surface area contributed by atoms with Crippen LogP contribution in [0.15, 0.2) is 54.6 Å². The molecule has 2 aromatic carbocycles. The number of benzene rings is 2. The van der Waals surface area contributed by atoms with Gasteiger partial charge >= 0.3 is 6.09 Å². The molecule has 5 nitrogen and oxygen atoms in total. The third-order valence-electron chi connectivity index (χ3n) is 4.54. The Morgan fingerprint density at radius 1 is 0.962 bits per heavy atom. The standard InChI is InChI=1S/C21H23N3O2/c22-15-18-7-9-19(10-8-18)16-23-11-4-12-24(14-13-23)21(25)26-17-20-5-2-1-3-6-20/h1-3,5-10H,4,11-14,16-17H2. The molecule has 26 heavy (non-hydrogen) atoms. The Labute approximate surface area is 154 Å². The third kappa shape index (κ3) is 5.08. The zero-order valence-corrected chi connectivity index (χ0v) is 14.8. The van der Waals surface area contributed by atoms with Gasteiger partial charge in [0.25, 0.3) is 0 Å². The molecule has 3 rings (SSSR count). The molecule has 0 spiro atoms. The maximum Gasteiger partial charge on any atom is 0.410 e. The molecular formula is C21H23N3O2. The summed E-state index contributed by atoms with van der Waals surface area (Å²) in [7, 11) is 0. The summed E-state index contributed by atoms with van der Waals surface area (Å²) in [5.74, 6) is 0. The molecule has 134 valence electrons. The van der Waals surface area contributed by atoms with Crippen LogP contribution in [0.25, 0.3) is 0 Å². The van der Waals surface area contributed by atoms with Crippen molar-refractivity contribution in [2.45, 2.75) is 19.6 Å². The van der Waals surface area contributed by atoms with Gasteiger partial charge in [0.2, 0.25) is 0 Å². The Balaban J connectivity index is 1.47. The fraction of sp³-hybridized carbons (Fsp3) is 0.333. The molecule has 0 N–H and O–H groups in total. The van der Waals surface area contributed by atoms with Crippen LogP contribution in [0.3, 0.4) is 0 Å². The van der Waals surface area contributed by atoms with Gasteiger partial charge in [0.1, 0.15) is 6.61 Å². The van der Waals surface area contributed by atoms with Gasteiger partial charge in [0.15, 0.2) is 0 Å². The number of carbonyl (C=O) groups excluding carboxylic acids is 1. The molecule has 1 amide bonds. The minimum Gasteiger partial charge on any atom is -0.445 e. The average molecular weight is 349 g/mol. The molecule has 0 unspecified atom stereocenters. The lowest BCUT2D eigenvalue weighted by Crippen LogP contribution is -2.35. The Morgan fingerprint density at radius 3 is 2.46 bits per heavy atom. The minimum atomic E-state index is -0.242. The number of hydrogen-bond acceptors (Lipinski definition) is 4. The van der Waals surface area contributed by atoms with Gasteiger partial charge in [-0.15, -0.1) is 0 Å². The van der Waals surface area contributed by atoms with Gasteiger partial charge < -0.3 is 9.64 Å². The second-order valence-electron chi connectivity index (χ2n) is 6.47. The lowest BCUT2D eigenvalue weighted by molar-refractivity contribution is 0.0972. The van der Waals surface area contributed by atoms with Crippen LogP contribution in [0.2, 0.25) is 0 Å². The van der Waals surface area contributed by atoms with Gasteiger partial charge in [-0.05, 0) is 29.7 Å². The fourth-order valence-electron chi connectivity index (χ4n) is 3.07. The van der Waals surface area contributed by atoms with E-state index >= 15 is 0 Å². The van der Waals surface area contributed by atoms with Crippen LogP contribution in [0, 0.1) is 11.3 Å². The van der Waals surface area contributed by atoms with Gasteiger partial charge in [-0.1, -0.05) is 42.5 Å². The molecule has 0 saturated carbocycles. The summed E-state index contributed by atoms with van der Waals surface area (Å²) in [4.78, 5) is 16.4. The molecule has 5 heteroatoms. The van der Waals surface area contributed by atoms with Crippen LogP contribution in [0.1, 0.15) is 23.1 Å². The summed E-state index contributed by atoms with van der Waals surface area (Å²) >= 11 is 0. The molecule has 1 aliphatic rings. The largest absolute Gasteiger partial charge is 0.445 e. The van der Waals surface area contributed by atoms with Crippen LogP contribution in [0.5, 0.6) is 0 Å². The summed E-state index contributed by atoms with van der Waals surface area (Å²) in [6, 6.07) is 19.6. The number of amides is 1. The van der Waals surface area contributed by atoms with Crippen molar-refractivity contribution in [1.82, 2.24) is 9.80 Å². The first-order valence-electron chi connectivity index (χ1n) is 8.91. The van der Waals surface area contributed by atoms with Crippen molar-refractivity contribution < 1.29 is 9.53 Å². The highest BCUT2D eigenvalue weighted by Gasteiger charge is 2.20. The molecular weight excluding hydrogens is 326 g/mol. The first-order valence-corrected chi connectivity index (χ1v) is 8.91. The number of nitrogens with zero attached hydrogens (tertiary/aromatic N) is 3. The van der Waals surface area contributed by atoms with Crippen molar-refractivity contribution in [3.05, 3.63) is 71.3 Å². The highest BCUT2D eigenvalue weighted by molar-refractivity contribution is 5.67. The molecule has 1 aliphatic heterocycles. The van der Waals surface area contributed by atoms with E-state index in [4.69, 9.17) is 10.00 Å². The summed E-state index contributed by atoms with van der Waals surface area (Å²) in [6.07, 6.45) is 0.686. The second-order valence-corrected chi connectivity index (χ2v) is 6.47. The van der Waals surface area contributed by atoms with Crippen molar-refractivity contribution in [2.75, 3.05) is 26.2 Å². The van der Waals surface area contributed by atoms with E-state index < -0.39 is 0 Å². The zero-order valence-electron chi connectivity index (χ0n) is 14.8. The monoisotopic (exact) mass is 349 g/mol. The fourth-order valence-corrected chi connectivity index (χ4v) is 3.07. The van der Waals surface area contributed by atoms with Crippen LogP contribution in [0.4, 0.5) is 4.79 Å². The molecule has 1 heterocycles. The smallest absolute Gasteiger partial charge is 0.410 e. The Kier molecular flexibility index (Phi) is 6.24. The number of hydrogen-bond donors (Lipinski definition) is 0. The highest BCUT2D eigenvalue weighted by Crippen LogP contribution is 2.11. The van der Waals surface area contributed by atoms with Crippen molar-refractivity contribution in [3.8, 4) is 6.07 Å². The van der Waals surface area contributed by atoms with Gasteiger partial charge in [-0.3, -0.25) is 4.90 Å². The van der Waals surface area contributed by atoms with Crippen molar-refractivity contribution in [1.29, 1.82) is 5.26 Å². The minimum absolute atomic E-state index is 0.242. The highest BCUT2D eigenvalue weighted by atomic mass is 16.6. The van der Waals surface area contributed by atoms with E-state index in [1.165, 1.54) is 5.56 Å². The quantitative estimate of drug-likeness (QED) is 0.849. The first kappa shape index (κ1) is 18.0. The van der Waals surface area contributed by atoms with Gasteiger partial charge in [0.05, 0.1) is 11.6 Å². The molecule has 0 atom stereocenters. The number of rotatable bonds is 4. The molecule has 2 aromatic rings. The van der Waals surface area contributed by atoms with Gasteiger partial charge in [-0.2, -0.15) is 5.26 Å². The SMILES string of the molecule is N#Cc1ccc(CN2CCCN(C(=O)OCc3ccccc3)CC2)cc1. The van der Waals surface area contributed by atoms with Gasteiger partial charge in [0, 0.05) is 32.7 Å². The molecule has 0 aliphatic carbocycles. The Morgan fingerprint density at radius 2 is 1.73 bits per heavy atom. The average Bonchev–Trinajstić information content (AvgIpc) is 2.93. The summed E-state index contributed by atoms with van der Waals surface area (Å²) in [5.41, 5.74) is 2.86. The number of nitriles is 1. The van der Waals surface area contributed by atoms with Gasteiger partial charge in [-0.25, -0.2) is 4.79 Å². The van der Waals surface area contributed by atoms with Crippen LogP contribution in [-0.4, -0.2) is 42.1 Å². The topological polar surface area (TPSA) is 56.6 Å². The van der Waals surface area contributed by atoms with E-state index in [9.17, 15) is 4.79 Å². The number of carbonyl (C=O) groups is 1. The molecule has 0 aromatic heterocycles. The molecule has 0 bridgehead atoms. The van der Waals surface area contributed by atoms with E-state index in [-0.39, 0.29) is 6.09 Å². The van der Waals surface area contributed by atoms with Crippen molar-refractivity contribution in [2.24, 2.45) is 0 Å². The second kappa shape index (κ2) is 9.02. The Bertz CT molecular complexity index is 753. The number of ether oxygens (including phenoxy) is 1. The third-order valence-corrected chi connectivity index (χ3v) is 4.54. The Hall–Kier alpha value is -2.84. The lowest BCUT2D eigenvalue weighted by atomic mass is 10.1. The van der Waals surface area contributed by atoms with Crippen LogP contribution < -0.4 is 0 Å². The van der Waals surface area contributed by atoms with E-state index in [1.54, 1.807) is 4.90 Å². The van der Waals surface area contributed by atoms with Crippen LogP contribution >= 0.6 is 0 Å². The molecule has 1 saturated heterocycles. The predicted molar refractivity (Wildman–Crippen MR) is 99.3 cm³/mol. The normalized spacial score (nSPS) is 15.1. The summed E-state index contributed by atoms with van der Waals surface area (Å²) < 4.78 is 5.44. The molecule has 1 fully saturated rings. The first-order chi connectivity index (χ1) is 12.7. The van der Waals surface area contributed by atoms with E-state index in [0.29, 0.717) is 18.7 Å². The van der Waals surface area contributed by atoms with Crippen molar-refractivity contribution >= 4 is 6.09 Å². The predicted octanol–water partition coefficient (Wildman–Crippen LogP) is 3.40. The zero-order chi connectivity index (χ0) is 18.2. The summed E-state index contributed by atoms with van der Waals surface area (Å²) in [5, 5.41) is 8.88. The van der Waals surface area contributed by atoms with Crippen LogP contribution in [-0.2, 0) is 17.9 Å². The lowest BCUT2D eigenvalue weighted by Gasteiger charge is -2.21.